The molecule has 1 aromatic carbocycles. The van der Waals surface area contributed by atoms with Crippen LogP contribution in [0.5, 0.6) is 0 Å². The molecule has 0 fully saturated rings. The number of H-pyrrole nitrogens is 1. The highest BCUT2D eigenvalue weighted by molar-refractivity contribution is 5.61. The maximum atomic E-state index is 14.4. The Morgan fingerprint density at radius 1 is 1.10 bits per heavy atom. The maximum Gasteiger partial charge on any atom is 0.271 e. The van der Waals surface area contributed by atoms with Crippen LogP contribution >= 0.6 is 0 Å². The number of rotatable bonds is 4. The molecule has 3 unspecified atom stereocenters. The fourth-order valence-corrected chi connectivity index (χ4v) is 4.77. The first-order valence-electron chi connectivity index (χ1n) is 10.4. The second-order valence-electron chi connectivity index (χ2n) is 8.50. The van der Waals surface area contributed by atoms with Gasteiger partial charge in [0.05, 0.1) is 11.3 Å². The van der Waals surface area contributed by atoms with E-state index in [-0.39, 0.29) is 35.8 Å². The van der Waals surface area contributed by atoms with Gasteiger partial charge in [-0.3, -0.25) is 9.78 Å². The van der Waals surface area contributed by atoms with Gasteiger partial charge in [-0.25, -0.2) is 9.49 Å². The van der Waals surface area contributed by atoms with E-state index in [1.165, 1.54) is 11.6 Å². The summed E-state index contributed by atoms with van der Waals surface area (Å²) in [6, 6.07) is 12.0. The summed E-state index contributed by atoms with van der Waals surface area (Å²) < 4.78 is 14.4. The fourth-order valence-electron chi connectivity index (χ4n) is 4.77. The molecule has 0 saturated heterocycles. The number of hydrogen-bond donors (Lipinski definition) is 2. The number of pyridine rings is 1. The quantitative estimate of drug-likeness (QED) is 0.680. The molecule has 31 heavy (non-hydrogen) atoms. The van der Waals surface area contributed by atoms with Crippen LogP contribution in [-0.2, 0) is 6.54 Å². The molecule has 3 atom stereocenters. The molecule has 0 bridgehead atoms. The molecule has 7 heteroatoms. The van der Waals surface area contributed by atoms with Gasteiger partial charge in [0.25, 0.3) is 5.56 Å². The van der Waals surface area contributed by atoms with Crippen LogP contribution in [0.3, 0.4) is 0 Å². The Morgan fingerprint density at radius 2 is 1.84 bits per heavy atom. The Morgan fingerprint density at radius 3 is 2.55 bits per heavy atom. The smallest absolute Gasteiger partial charge is 0.271 e. The molecule has 5 rings (SSSR count). The monoisotopic (exact) mass is 417 g/mol. The van der Waals surface area contributed by atoms with Crippen molar-refractivity contribution in [1.29, 1.82) is 0 Å². The standard InChI is InChI=1S/C24H24FN5O/c1-30(2)13-14-3-5-15(6-4-14)20-22(16-7-9-26-10-8-16)27-19-12-17(25)11-18-21(19)23(20)28-29-24(18)31/h3-11,19-20,22,27H,12-13H2,1-2H3,(H,29,31). The number of halogens is 1. The fraction of sp³-hybridized carbons (Fsp3) is 0.292. The summed E-state index contributed by atoms with van der Waals surface area (Å²) in [7, 11) is 4.09. The Kier molecular flexibility index (Phi) is 5.00. The minimum Gasteiger partial charge on any atom is -0.305 e. The molecule has 0 amide bonds. The minimum atomic E-state index is -0.358. The summed E-state index contributed by atoms with van der Waals surface area (Å²) in [5.74, 6) is -0.431. The average Bonchev–Trinajstić information content (AvgIpc) is 2.76. The van der Waals surface area contributed by atoms with Crippen molar-refractivity contribution in [2.75, 3.05) is 14.1 Å². The normalized spacial score (nSPS) is 22.2. The van der Waals surface area contributed by atoms with E-state index in [2.05, 4.69) is 49.7 Å². The highest BCUT2D eigenvalue weighted by Crippen LogP contribution is 2.47. The van der Waals surface area contributed by atoms with E-state index >= 15 is 0 Å². The topological polar surface area (TPSA) is 73.9 Å². The van der Waals surface area contributed by atoms with Crippen LogP contribution < -0.4 is 10.9 Å². The van der Waals surface area contributed by atoms with Gasteiger partial charge in [-0.1, -0.05) is 24.3 Å². The molecule has 0 spiro atoms. The van der Waals surface area contributed by atoms with E-state index in [0.29, 0.717) is 5.56 Å². The van der Waals surface area contributed by atoms with Crippen LogP contribution in [0.25, 0.3) is 6.08 Å². The highest BCUT2D eigenvalue weighted by Gasteiger charge is 2.41. The summed E-state index contributed by atoms with van der Waals surface area (Å²) in [6.07, 6.45) is 5.08. The van der Waals surface area contributed by atoms with Crippen LogP contribution in [0.4, 0.5) is 4.39 Å². The first-order chi connectivity index (χ1) is 15.0. The SMILES string of the molecule is CN(C)Cc1ccc(C2c3n[nH]c(=O)c4c3C(CC(F)=C4)NC2c2ccncc2)cc1. The summed E-state index contributed by atoms with van der Waals surface area (Å²) in [4.78, 5) is 18.7. The average molecular weight is 417 g/mol. The van der Waals surface area contributed by atoms with Crippen LogP contribution in [0.2, 0.25) is 0 Å². The number of hydrogen-bond acceptors (Lipinski definition) is 5. The van der Waals surface area contributed by atoms with Gasteiger partial charge in [-0.05, 0) is 49.0 Å². The van der Waals surface area contributed by atoms with Crippen molar-refractivity contribution in [3.8, 4) is 0 Å². The van der Waals surface area contributed by atoms with Gasteiger partial charge in [-0.2, -0.15) is 5.10 Å². The molecular weight excluding hydrogens is 393 g/mol. The van der Waals surface area contributed by atoms with Crippen LogP contribution in [0.15, 0.2) is 59.4 Å². The lowest BCUT2D eigenvalue weighted by molar-refractivity contribution is 0.350. The molecule has 3 aromatic rings. The molecule has 2 N–H and O–H groups in total. The molecule has 1 aliphatic heterocycles. The molecule has 6 nitrogen and oxygen atoms in total. The number of benzene rings is 1. The Hall–Kier alpha value is -3.16. The van der Waals surface area contributed by atoms with E-state index in [9.17, 15) is 9.18 Å². The number of nitrogens with zero attached hydrogens (tertiary/aromatic N) is 3. The van der Waals surface area contributed by atoms with Gasteiger partial charge < -0.3 is 10.2 Å². The van der Waals surface area contributed by atoms with Gasteiger partial charge in [0, 0.05) is 48.9 Å². The molecule has 0 radical (unpaired) electrons. The molecular formula is C24H24FN5O. The Balaban J connectivity index is 1.67. The van der Waals surface area contributed by atoms with Gasteiger partial charge in [-0.15, -0.1) is 0 Å². The van der Waals surface area contributed by atoms with Crippen LogP contribution in [0, 0.1) is 0 Å². The minimum absolute atomic E-state index is 0.127. The first-order valence-corrected chi connectivity index (χ1v) is 10.4. The largest absolute Gasteiger partial charge is 0.305 e. The lowest BCUT2D eigenvalue weighted by Gasteiger charge is -2.40. The summed E-state index contributed by atoms with van der Waals surface area (Å²) >= 11 is 0. The molecule has 1 aliphatic carbocycles. The zero-order valence-corrected chi connectivity index (χ0v) is 17.5. The lowest BCUT2D eigenvalue weighted by Crippen LogP contribution is -2.41. The number of aromatic nitrogens is 3. The summed E-state index contributed by atoms with van der Waals surface area (Å²) in [6.45, 7) is 0.857. The van der Waals surface area contributed by atoms with E-state index < -0.39 is 0 Å². The third kappa shape index (κ3) is 3.60. The van der Waals surface area contributed by atoms with Crippen molar-refractivity contribution in [3.63, 3.8) is 0 Å². The van der Waals surface area contributed by atoms with Gasteiger partial charge in [0.15, 0.2) is 0 Å². The van der Waals surface area contributed by atoms with Crippen molar-refractivity contribution >= 4 is 6.08 Å². The molecule has 2 aliphatic rings. The van der Waals surface area contributed by atoms with Crippen molar-refractivity contribution in [1.82, 2.24) is 25.4 Å². The van der Waals surface area contributed by atoms with E-state index in [1.54, 1.807) is 12.4 Å². The lowest BCUT2D eigenvalue weighted by atomic mass is 9.75. The number of aromatic amines is 1. The second-order valence-corrected chi connectivity index (χ2v) is 8.50. The predicted octanol–water partition coefficient (Wildman–Crippen LogP) is 3.46. The zero-order valence-electron chi connectivity index (χ0n) is 17.5. The van der Waals surface area contributed by atoms with Gasteiger partial charge >= 0.3 is 0 Å². The number of nitrogens with one attached hydrogen (secondary N) is 2. The second kappa shape index (κ2) is 7.83. The summed E-state index contributed by atoms with van der Waals surface area (Å²) in [5, 5.41) is 10.7. The third-order valence-corrected chi connectivity index (χ3v) is 6.05. The van der Waals surface area contributed by atoms with Gasteiger partial charge in [0.2, 0.25) is 0 Å². The Bertz CT molecular complexity index is 1190. The molecule has 3 heterocycles. The third-order valence-electron chi connectivity index (χ3n) is 6.05. The van der Waals surface area contributed by atoms with Crippen LogP contribution in [0.1, 0.15) is 57.9 Å². The predicted molar refractivity (Wildman–Crippen MR) is 117 cm³/mol. The van der Waals surface area contributed by atoms with Crippen molar-refractivity contribution in [2.24, 2.45) is 0 Å². The van der Waals surface area contributed by atoms with Crippen molar-refractivity contribution < 1.29 is 4.39 Å². The van der Waals surface area contributed by atoms with E-state index in [1.807, 2.05) is 26.2 Å². The van der Waals surface area contributed by atoms with E-state index in [0.717, 1.165) is 28.9 Å². The van der Waals surface area contributed by atoms with Crippen molar-refractivity contribution in [2.45, 2.75) is 31.0 Å². The molecule has 0 saturated carbocycles. The molecule has 158 valence electrons. The first kappa shape index (κ1) is 19.8. The summed E-state index contributed by atoms with van der Waals surface area (Å²) in [5.41, 5.74) is 4.97. The Labute approximate surface area is 179 Å². The van der Waals surface area contributed by atoms with Crippen LogP contribution in [-0.4, -0.2) is 34.2 Å². The molecule has 2 aromatic heterocycles. The van der Waals surface area contributed by atoms with Gasteiger partial charge in [0.1, 0.15) is 5.83 Å². The van der Waals surface area contributed by atoms with Crippen molar-refractivity contribution in [3.05, 3.63) is 98.5 Å². The highest BCUT2D eigenvalue weighted by atomic mass is 19.1. The maximum absolute atomic E-state index is 14.4. The van der Waals surface area contributed by atoms with E-state index in [4.69, 9.17) is 0 Å². The zero-order chi connectivity index (χ0) is 21.5.